The third-order valence-electron chi connectivity index (χ3n) is 3.09. The molecule has 104 valence electrons. The van der Waals surface area contributed by atoms with E-state index in [0.717, 1.165) is 17.9 Å². The number of nitrogens with zero attached hydrogens (tertiary/aromatic N) is 1. The molecule has 0 radical (unpaired) electrons. The highest BCUT2D eigenvalue weighted by atomic mass is 35.5. The summed E-state index contributed by atoms with van der Waals surface area (Å²) in [4.78, 5) is 4.11. The van der Waals surface area contributed by atoms with Gasteiger partial charge in [-0.3, -0.25) is 4.98 Å². The van der Waals surface area contributed by atoms with E-state index in [2.05, 4.69) is 10.3 Å². The molecular formula is C15H14Cl2N2O. The highest BCUT2D eigenvalue weighted by Gasteiger charge is 2.20. The van der Waals surface area contributed by atoms with Gasteiger partial charge in [-0.05, 0) is 37.1 Å². The van der Waals surface area contributed by atoms with Gasteiger partial charge in [0.05, 0.1) is 6.20 Å². The van der Waals surface area contributed by atoms with Gasteiger partial charge in [0.1, 0.15) is 11.5 Å². The maximum absolute atomic E-state index is 5.97. The van der Waals surface area contributed by atoms with E-state index in [-0.39, 0.29) is 0 Å². The molecule has 3 nitrogen and oxygen atoms in total. The van der Waals surface area contributed by atoms with Gasteiger partial charge in [0.25, 0.3) is 0 Å². The zero-order valence-electron chi connectivity index (χ0n) is 10.8. The Labute approximate surface area is 127 Å². The summed E-state index contributed by atoms with van der Waals surface area (Å²) in [7, 11) is 0. The minimum absolute atomic E-state index is 0.550. The normalized spacial score (nSPS) is 14.3. The second-order valence-corrected chi connectivity index (χ2v) is 5.72. The predicted octanol–water partition coefficient (Wildman–Crippen LogP) is 4.43. The second-order valence-electron chi connectivity index (χ2n) is 4.85. The van der Waals surface area contributed by atoms with Crippen LogP contribution in [0, 0.1) is 0 Å². The molecule has 0 unspecified atom stereocenters. The van der Waals surface area contributed by atoms with Crippen molar-refractivity contribution in [2.75, 3.05) is 0 Å². The molecule has 1 aromatic carbocycles. The fourth-order valence-electron chi connectivity index (χ4n) is 1.90. The van der Waals surface area contributed by atoms with Crippen LogP contribution in [0.3, 0.4) is 0 Å². The number of benzene rings is 1. The van der Waals surface area contributed by atoms with Gasteiger partial charge in [0.2, 0.25) is 0 Å². The average molecular weight is 309 g/mol. The second kappa shape index (κ2) is 6.00. The van der Waals surface area contributed by atoms with Gasteiger partial charge in [-0.15, -0.1) is 0 Å². The lowest BCUT2D eigenvalue weighted by atomic mass is 10.2. The Hall–Kier alpha value is -1.29. The van der Waals surface area contributed by atoms with Crippen molar-refractivity contribution >= 4 is 23.2 Å². The minimum Gasteiger partial charge on any atom is -0.455 e. The Morgan fingerprint density at radius 2 is 1.95 bits per heavy atom. The first-order valence-corrected chi connectivity index (χ1v) is 7.26. The van der Waals surface area contributed by atoms with Gasteiger partial charge >= 0.3 is 0 Å². The van der Waals surface area contributed by atoms with E-state index >= 15 is 0 Å². The Morgan fingerprint density at radius 1 is 1.20 bits per heavy atom. The Morgan fingerprint density at radius 3 is 2.65 bits per heavy atom. The van der Waals surface area contributed by atoms with Gasteiger partial charge in [0, 0.05) is 34.4 Å². The summed E-state index contributed by atoms with van der Waals surface area (Å²) in [5.41, 5.74) is 1.07. The topological polar surface area (TPSA) is 34.1 Å². The molecule has 1 aliphatic rings. The fourth-order valence-corrected chi connectivity index (χ4v) is 2.41. The van der Waals surface area contributed by atoms with Crippen molar-refractivity contribution < 1.29 is 4.74 Å². The molecule has 0 bridgehead atoms. The van der Waals surface area contributed by atoms with Crippen molar-refractivity contribution in [3.8, 4) is 11.5 Å². The van der Waals surface area contributed by atoms with Gasteiger partial charge in [-0.2, -0.15) is 0 Å². The van der Waals surface area contributed by atoms with Crippen LogP contribution in [-0.4, -0.2) is 11.0 Å². The lowest BCUT2D eigenvalue weighted by Crippen LogP contribution is -2.15. The standard InChI is InChI=1S/C15H14Cl2N2O/c16-11-5-12(17)7-14(6-11)20-15-9-18-4-3-10(15)8-19-13-1-2-13/h3-7,9,13,19H,1-2,8H2. The van der Waals surface area contributed by atoms with E-state index in [4.69, 9.17) is 27.9 Å². The number of halogens is 2. The number of hydrogen-bond donors (Lipinski definition) is 1. The molecule has 1 aromatic heterocycles. The summed E-state index contributed by atoms with van der Waals surface area (Å²) in [5, 5.41) is 4.56. The van der Waals surface area contributed by atoms with Crippen LogP contribution < -0.4 is 10.1 Å². The zero-order valence-corrected chi connectivity index (χ0v) is 12.3. The first-order chi connectivity index (χ1) is 9.70. The minimum atomic E-state index is 0.550. The third kappa shape index (κ3) is 3.63. The van der Waals surface area contributed by atoms with Crippen LogP contribution in [-0.2, 0) is 6.54 Å². The van der Waals surface area contributed by atoms with Crippen LogP contribution in [0.25, 0.3) is 0 Å². The van der Waals surface area contributed by atoms with Gasteiger partial charge in [0.15, 0.2) is 0 Å². The number of pyridine rings is 1. The lowest BCUT2D eigenvalue weighted by molar-refractivity contribution is 0.470. The van der Waals surface area contributed by atoms with E-state index in [0.29, 0.717) is 21.8 Å². The summed E-state index contributed by atoms with van der Waals surface area (Å²) in [6.07, 6.45) is 5.98. The quantitative estimate of drug-likeness (QED) is 0.887. The number of ether oxygens (including phenoxy) is 1. The van der Waals surface area contributed by atoms with Crippen molar-refractivity contribution in [2.24, 2.45) is 0 Å². The Balaban J connectivity index is 1.78. The summed E-state index contributed by atoms with van der Waals surface area (Å²) < 4.78 is 5.85. The van der Waals surface area contributed by atoms with E-state index in [1.807, 2.05) is 6.07 Å². The molecule has 0 spiro atoms. The molecule has 1 fully saturated rings. The van der Waals surface area contributed by atoms with Crippen LogP contribution in [0.1, 0.15) is 18.4 Å². The molecule has 0 saturated heterocycles. The van der Waals surface area contributed by atoms with Gasteiger partial charge in [-0.1, -0.05) is 23.2 Å². The fraction of sp³-hybridized carbons (Fsp3) is 0.267. The SMILES string of the molecule is Clc1cc(Cl)cc(Oc2cnccc2CNC2CC2)c1. The van der Waals surface area contributed by atoms with E-state index < -0.39 is 0 Å². The Kier molecular flexibility index (Phi) is 4.10. The summed E-state index contributed by atoms with van der Waals surface area (Å²) in [6, 6.07) is 7.75. The van der Waals surface area contributed by atoms with Crippen molar-refractivity contribution in [3.63, 3.8) is 0 Å². The zero-order chi connectivity index (χ0) is 13.9. The molecule has 1 aliphatic carbocycles. The van der Waals surface area contributed by atoms with Crippen LogP contribution >= 0.6 is 23.2 Å². The summed E-state index contributed by atoms with van der Waals surface area (Å²) in [5.74, 6) is 1.34. The van der Waals surface area contributed by atoms with E-state index in [9.17, 15) is 0 Å². The first-order valence-electron chi connectivity index (χ1n) is 6.51. The molecule has 0 amide bonds. The van der Waals surface area contributed by atoms with E-state index in [1.165, 1.54) is 12.8 Å². The average Bonchev–Trinajstić information content (AvgIpc) is 3.20. The number of aromatic nitrogens is 1. The number of hydrogen-bond acceptors (Lipinski definition) is 3. The molecular weight excluding hydrogens is 295 g/mol. The largest absolute Gasteiger partial charge is 0.455 e. The molecule has 2 aromatic rings. The molecule has 0 atom stereocenters. The molecule has 20 heavy (non-hydrogen) atoms. The monoisotopic (exact) mass is 308 g/mol. The molecule has 5 heteroatoms. The highest BCUT2D eigenvalue weighted by molar-refractivity contribution is 6.34. The first kappa shape index (κ1) is 13.7. The van der Waals surface area contributed by atoms with Crippen LogP contribution in [0.2, 0.25) is 10.0 Å². The van der Waals surface area contributed by atoms with Gasteiger partial charge < -0.3 is 10.1 Å². The Bertz CT molecular complexity index is 594. The third-order valence-corrected chi connectivity index (χ3v) is 3.53. The molecule has 1 N–H and O–H groups in total. The summed E-state index contributed by atoms with van der Waals surface area (Å²) >= 11 is 11.9. The number of rotatable bonds is 5. The molecule has 3 rings (SSSR count). The number of nitrogens with one attached hydrogen (secondary N) is 1. The van der Waals surface area contributed by atoms with Crippen molar-refractivity contribution in [3.05, 3.63) is 52.3 Å². The van der Waals surface area contributed by atoms with Crippen LogP contribution in [0.15, 0.2) is 36.7 Å². The maximum atomic E-state index is 5.97. The maximum Gasteiger partial charge on any atom is 0.150 e. The predicted molar refractivity (Wildman–Crippen MR) is 80.6 cm³/mol. The van der Waals surface area contributed by atoms with Crippen LogP contribution in [0.5, 0.6) is 11.5 Å². The molecule has 1 heterocycles. The van der Waals surface area contributed by atoms with E-state index in [1.54, 1.807) is 30.6 Å². The van der Waals surface area contributed by atoms with Crippen molar-refractivity contribution in [1.82, 2.24) is 10.3 Å². The highest BCUT2D eigenvalue weighted by Crippen LogP contribution is 2.30. The van der Waals surface area contributed by atoms with Crippen molar-refractivity contribution in [2.45, 2.75) is 25.4 Å². The molecule has 1 saturated carbocycles. The van der Waals surface area contributed by atoms with Crippen LogP contribution in [0.4, 0.5) is 0 Å². The lowest BCUT2D eigenvalue weighted by Gasteiger charge is -2.11. The molecule has 0 aliphatic heterocycles. The smallest absolute Gasteiger partial charge is 0.150 e. The summed E-state index contributed by atoms with van der Waals surface area (Å²) in [6.45, 7) is 0.775. The van der Waals surface area contributed by atoms with Crippen molar-refractivity contribution in [1.29, 1.82) is 0 Å². The van der Waals surface area contributed by atoms with Gasteiger partial charge in [-0.25, -0.2) is 0 Å².